The van der Waals surface area contributed by atoms with E-state index in [0.717, 1.165) is 5.69 Å². The van der Waals surface area contributed by atoms with Crippen molar-refractivity contribution in [3.8, 4) is 16.9 Å². The number of thiazole rings is 1. The van der Waals surface area contributed by atoms with Crippen molar-refractivity contribution in [2.75, 3.05) is 18.5 Å². The molecule has 0 aliphatic rings. The van der Waals surface area contributed by atoms with E-state index in [0.29, 0.717) is 34.4 Å². The summed E-state index contributed by atoms with van der Waals surface area (Å²) >= 11 is 2.61. The fourth-order valence-corrected chi connectivity index (χ4v) is 4.86. The van der Waals surface area contributed by atoms with E-state index in [4.69, 9.17) is 0 Å². The van der Waals surface area contributed by atoms with Crippen LogP contribution in [0.25, 0.3) is 11.1 Å². The lowest BCUT2D eigenvalue weighted by molar-refractivity contribution is -0.274. The van der Waals surface area contributed by atoms with Gasteiger partial charge in [0, 0.05) is 43.4 Å². The summed E-state index contributed by atoms with van der Waals surface area (Å²) < 4.78 is 41.0. The normalized spacial score (nSPS) is 11.9. The van der Waals surface area contributed by atoms with E-state index >= 15 is 0 Å². The molecule has 1 N–H and O–H groups in total. The third-order valence-electron chi connectivity index (χ3n) is 4.47. The van der Waals surface area contributed by atoms with Crippen molar-refractivity contribution in [1.82, 2.24) is 15.0 Å². The minimum absolute atomic E-state index is 0.311. The summed E-state index contributed by atoms with van der Waals surface area (Å²) in [5.41, 5.74) is 1.90. The maximum absolute atomic E-state index is 12.4. The smallest absolute Gasteiger partial charge is 0.480 e. The average molecular weight is 499 g/mol. The van der Waals surface area contributed by atoms with E-state index < -0.39 is 17.1 Å². The minimum atomic E-state index is -4.76. The van der Waals surface area contributed by atoms with Crippen LogP contribution in [-0.2, 0) is 11.2 Å². The van der Waals surface area contributed by atoms with Gasteiger partial charge in [0.15, 0.2) is 4.34 Å². The van der Waals surface area contributed by atoms with Crippen LogP contribution in [0.1, 0.15) is 19.5 Å². The molecule has 0 aliphatic carbocycles. The van der Waals surface area contributed by atoms with Crippen LogP contribution < -0.4 is 9.64 Å². The molecule has 3 rings (SSSR count). The number of alkyl halides is 3. The molecule has 0 atom stereocenters. The van der Waals surface area contributed by atoms with Crippen LogP contribution >= 0.6 is 23.1 Å². The number of carbonyl (C=O) groups is 1. The van der Waals surface area contributed by atoms with Crippen molar-refractivity contribution < 1.29 is 27.8 Å². The summed E-state index contributed by atoms with van der Waals surface area (Å²) in [6.07, 6.45) is -1.07. The van der Waals surface area contributed by atoms with Gasteiger partial charge in [0.2, 0.25) is 5.95 Å². The molecular formula is C21H21F3N4O3S2. The van der Waals surface area contributed by atoms with E-state index in [1.807, 2.05) is 17.3 Å². The van der Waals surface area contributed by atoms with Crippen LogP contribution in [0.4, 0.5) is 19.1 Å². The number of nitrogens with zero attached hydrogens (tertiary/aromatic N) is 4. The number of likely N-dealkylation sites (N-methyl/N-ethyl adjacent to an activating group) is 1. The number of ether oxygens (including phenoxy) is 1. The molecule has 2 heterocycles. The number of halogens is 3. The third kappa shape index (κ3) is 7.06. The molecule has 3 aromatic rings. The lowest BCUT2D eigenvalue weighted by Crippen LogP contribution is -2.26. The number of rotatable bonds is 9. The Morgan fingerprint density at radius 2 is 1.91 bits per heavy atom. The Morgan fingerprint density at radius 1 is 1.21 bits per heavy atom. The lowest BCUT2D eigenvalue weighted by atomic mass is 10.1. The molecule has 1 aromatic carbocycles. The second kappa shape index (κ2) is 9.96. The zero-order valence-electron chi connectivity index (χ0n) is 18.0. The number of hydrogen-bond acceptors (Lipinski definition) is 8. The number of carboxylic acids is 1. The molecule has 2 aromatic heterocycles. The first-order valence-electron chi connectivity index (χ1n) is 9.69. The lowest BCUT2D eigenvalue weighted by Gasteiger charge is -2.17. The van der Waals surface area contributed by atoms with Gasteiger partial charge in [-0.25, -0.2) is 15.0 Å². The average Bonchev–Trinajstić information content (AvgIpc) is 3.17. The number of aromatic nitrogens is 3. The summed E-state index contributed by atoms with van der Waals surface area (Å²) in [5.74, 6) is -0.754. The summed E-state index contributed by atoms with van der Waals surface area (Å²) in [7, 11) is 1.82. The predicted molar refractivity (Wildman–Crippen MR) is 121 cm³/mol. The van der Waals surface area contributed by atoms with E-state index in [-0.39, 0.29) is 5.75 Å². The molecule has 33 heavy (non-hydrogen) atoms. The Balaban J connectivity index is 1.60. The molecule has 7 nitrogen and oxygen atoms in total. The van der Waals surface area contributed by atoms with Gasteiger partial charge in [-0.2, -0.15) is 0 Å². The fraction of sp³-hybridized carbons (Fsp3) is 0.333. The highest BCUT2D eigenvalue weighted by atomic mass is 32.2. The van der Waals surface area contributed by atoms with Gasteiger partial charge in [0.1, 0.15) is 10.5 Å². The molecule has 0 amide bonds. The van der Waals surface area contributed by atoms with Crippen LogP contribution in [0.5, 0.6) is 5.75 Å². The second-order valence-corrected chi connectivity index (χ2v) is 10.3. The number of aliphatic carboxylic acids is 1. The van der Waals surface area contributed by atoms with Crippen molar-refractivity contribution >= 4 is 35.0 Å². The number of carboxylic acid groups (broad SMARTS) is 1. The molecule has 0 saturated carbocycles. The Hall–Kier alpha value is -2.86. The van der Waals surface area contributed by atoms with E-state index in [2.05, 4.69) is 19.7 Å². The van der Waals surface area contributed by atoms with Crippen molar-refractivity contribution in [1.29, 1.82) is 0 Å². The fourth-order valence-electron chi connectivity index (χ4n) is 2.63. The molecule has 0 spiro atoms. The predicted octanol–water partition coefficient (Wildman–Crippen LogP) is 5.13. The number of thioether (sulfide) groups is 1. The summed E-state index contributed by atoms with van der Waals surface area (Å²) in [4.78, 5) is 26.2. The minimum Gasteiger partial charge on any atom is -0.480 e. The Morgan fingerprint density at radius 3 is 2.55 bits per heavy atom. The first-order valence-corrected chi connectivity index (χ1v) is 11.4. The van der Waals surface area contributed by atoms with Crippen molar-refractivity contribution in [2.24, 2.45) is 0 Å². The monoisotopic (exact) mass is 498 g/mol. The first-order chi connectivity index (χ1) is 15.4. The van der Waals surface area contributed by atoms with Crippen LogP contribution in [0, 0.1) is 0 Å². The molecule has 0 bridgehead atoms. The maximum atomic E-state index is 12.4. The second-order valence-electron chi connectivity index (χ2n) is 7.54. The molecule has 0 fully saturated rings. The number of anilines is 1. The van der Waals surface area contributed by atoms with Gasteiger partial charge in [-0.05, 0) is 31.5 Å². The first kappa shape index (κ1) is 24.8. The summed E-state index contributed by atoms with van der Waals surface area (Å²) in [5, 5.41) is 11.1. The maximum Gasteiger partial charge on any atom is 0.573 e. The molecule has 12 heteroatoms. The van der Waals surface area contributed by atoms with Crippen LogP contribution in [-0.4, -0.2) is 50.7 Å². The Bertz CT molecular complexity index is 1100. The molecule has 176 valence electrons. The topological polar surface area (TPSA) is 88.4 Å². The van der Waals surface area contributed by atoms with Crippen molar-refractivity contribution in [3.63, 3.8) is 0 Å². The Kier molecular flexibility index (Phi) is 7.48. The third-order valence-corrected chi connectivity index (χ3v) is 6.64. The van der Waals surface area contributed by atoms with E-state index in [1.165, 1.54) is 53.7 Å². The van der Waals surface area contributed by atoms with Crippen LogP contribution in [0.3, 0.4) is 0 Å². The highest BCUT2D eigenvalue weighted by Crippen LogP contribution is 2.34. The largest absolute Gasteiger partial charge is 0.573 e. The zero-order chi connectivity index (χ0) is 24.2. The van der Waals surface area contributed by atoms with Gasteiger partial charge in [-0.3, -0.25) is 4.79 Å². The molecular weight excluding hydrogens is 477 g/mol. The van der Waals surface area contributed by atoms with Crippen LogP contribution in [0.2, 0.25) is 0 Å². The van der Waals surface area contributed by atoms with Gasteiger partial charge < -0.3 is 14.7 Å². The quantitative estimate of drug-likeness (QED) is 0.406. The zero-order valence-corrected chi connectivity index (χ0v) is 19.6. The SMILES string of the molecule is CN(CCc1csc(SC(C)(C)C(=O)O)n1)c1ncc(-c2cccc(OC(F)(F)F)c2)cn1. The summed E-state index contributed by atoms with van der Waals surface area (Å²) in [6.45, 7) is 3.84. The molecule has 0 saturated heterocycles. The van der Waals surface area contributed by atoms with Crippen molar-refractivity contribution in [2.45, 2.75) is 35.7 Å². The van der Waals surface area contributed by atoms with Gasteiger partial charge >= 0.3 is 12.3 Å². The van der Waals surface area contributed by atoms with Gasteiger partial charge in [0.05, 0.1) is 5.69 Å². The van der Waals surface area contributed by atoms with Crippen LogP contribution in [0.15, 0.2) is 46.4 Å². The number of hydrogen-bond donors (Lipinski definition) is 1. The van der Waals surface area contributed by atoms with Gasteiger partial charge in [-0.15, -0.1) is 24.5 Å². The molecule has 0 unspecified atom stereocenters. The Labute approximate surface area is 196 Å². The van der Waals surface area contributed by atoms with Crippen molar-refractivity contribution in [3.05, 3.63) is 47.7 Å². The number of benzene rings is 1. The summed E-state index contributed by atoms with van der Waals surface area (Å²) in [6, 6.07) is 5.62. The van der Waals surface area contributed by atoms with Gasteiger partial charge in [0.25, 0.3) is 0 Å². The molecule has 0 radical (unpaired) electrons. The van der Waals surface area contributed by atoms with E-state index in [9.17, 15) is 23.1 Å². The molecule has 0 aliphatic heterocycles. The standard InChI is InChI=1S/C21H21F3N4O3S2/c1-20(2,17(29)30)33-19-27-15(12-32-19)7-8-28(3)18-25-10-14(11-26-18)13-5-4-6-16(9-13)31-21(22,23)24/h4-6,9-12H,7-8H2,1-3H3,(H,29,30). The highest BCUT2D eigenvalue weighted by Gasteiger charge is 2.31. The van der Waals surface area contributed by atoms with E-state index in [1.54, 1.807) is 19.9 Å². The van der Waals surface area contributed by atoms with Gasteiger partial charge in [-0.1, -0.05) is 23.9 Å². The highest BCUT2D eigenvalue weighted by molar-refractivity contribution is 8.02.